The predicted octanol–water partition coefficient (Wildman–Crippen LogP) is 3.52. The van der Waals surface area contributed by atoms with Crippen molar-refractivity contribution < 1.29 is 31.1 Å². The molecular weight excluding hydrogens is 391 g/mol. The van der Waals surface area contributed by atoms with Gasteiger partial charge in [0.2, 0.25) is 6.10 Å². The molecule has 1 aromatic carbocycles. The Morgan fingerprint density at radius 2 is 1.85 bits per heavy atom. The highest BCUT2D eigenvalue weighted by atomic mass is 32.2. The maximum Gasteiger partial charge on any atom is 0.429 e. The Bertz CT molecular complexity index is 847. The average molecular weight is 407 g/mol. The van der Waals surface area contributed by atoms with Gasteiger partial charge >= 0.3 is 12.1 Å². The molecule has 0 aliphatic rings. The van der Waals surface area contributed by atoms with Crippen LogP contribution in [-0.2, 0) is 19.6 Å². The second kappa shape index (κ2) is 7.77. The number of halogens is 3. The molecule has 10 heteroatoms. The molecule has 1 heterocycles. The number of ether oxygens (including phenoxy) is 1. The number of alkyl halides is 3. The topological polar surface area (TPSA) is 63.7 Å². The molecule has 0 aliphatic carbocycles. The fraction of sp³-hybridized carbons (Fsp3) is 0.312. The van der Waals surface area contributed by atoms with E-state index in [1.54, 1.807) is 6.92 Å². The number of thiophene rings is 1. The summed E-state index contributed by atoms with van der Waals surface area (Å²) in [5, 5.41) is 1.54. The van der Waals surface area contributed by atoms with E-state index in [-0.39, 0.29) is 9.77 Å². The third-order valence-electron chi connectivity index (χ3n) is 3.44. The zero-order valence-electron chi connectivity index (χ0n) is 13.9. The van der Waals surface area contributed by atoms with Crippen LogP contribution < -0.4 is 0 Å². The molecule has 0 spiro atoms. The van der Waals surface area contributed by atoms with Crippen molar-refractivity contribution in [3.05, 3.63) is 52.9 Å². The maximum absolute atomic E-state index is 13.3. The maximum atomic E-state index is 13.3. The summed E-state index contributed by atoms with van der Waals surface area (Å²) in [5.74, 6) is -1.30. The highest BCUT2D eigenvalue weighted by Gasteiger charge is 2.44. The van der Waals surface area contributed by atoms with E-state index < -0.39 is 34.8 Å². The first kappa shape index (κ1) is 20.4. The van der Waals surface area contributed by atoms with Gasteiger partial charge in [0.1, 0.15) is 10.8 Å². The predicted molar refractivity (Wildman–Crippen MR) is 90.2 cm³/mol. The van der Waals surface area contributed by atoms with Crippen LogP contribution in [0.15, 0.2) is 46.0 Å². The van der Waals surface area contributed by atoms with Crippen molar-refractivity contribution in [3.8, 4) is 0 Å². The summed E-state index contributed by atoms with van der Waals surface area (Å²) in [6.07, 6.45) is -7.29. The molecule has 1 unspecified atom stereocenters. The fourth-order valence-electron chi connectivity index (χ4n) is 2.06. The van der Waals surface area contributed by atoms with Crippen LogP contribution in [0.25, 0.3) is 0 Å². The Morgan fingerprint density at radius 1 is 1.23 bits per heavy atom. The van der Waals surface area contributed by atoms with Crippen LogP contribution in [0.5, 0.6) is 0 Å². The van der Waals surface area contributed by atoms with E-state index in [2.05, 4.69) is 4.74 Å². The normalized spacial score (nSPS) is 13.6. The summed E-state index contributed by atoms with van der Waals surface area (Å²) >= 11 is 0.940. The molecule has 0 saturated carbocycles. The quantitative estimate of drug-likeness (QED) is 0.688. The lowest BCUT2D eigenvalue weighted by molar-refractivity contribution is -0.224. The number of carbonyl (C=O) groups is 1. The number of nitrogens with zero attached hydrogens (tertiary/aromatic N) is 1. The molecule has 0 aliphatic heterocycles. The summed E-state index contributed by atoms with van der Waals surface area (Å²) < 4.78 is 69.4. The molecule has 0 radical (unpaired) electrons. The van der Waals surface area contributed by atoms with E-state index in [1.165, 1.54) is 41.8 Å². The summed E-state index contributed by atoms with van der Waals surface area (Å²) in [4.78, 5) is 11.9. The number of hydrogen-bond acceptors (Lipinski definition) is 5. The van der Waals surface area contributed by atoms with Crippen molar-refractivity contribution in [3.63, 3.8) is 0 Å². The van der Waals surface area contributed by atoms with Crippen LogP contribution in [0.1, 0.15) is 17.2 Å². The summed E-state index contributed by atoms with van der Waals surface area (Å²) in [7, 11) is -2.86. The lowest BCUT2D eigenvalue weighted by atomic mass is 10.1. The molecule has 2 aromatic rings. The van der Waals surface area contributed by atoms with Gasteiger partial charge in [-0.05, 0) is 18.4 Å². The van der Waals surface area contributed by atoms with E-state index in [9.17, 15) is 26.4 Å². The monoisotopic (exact) mass is 407 g/mol. The van der Waals surface area contributed by atoms with E-state index in [4.69, 9.17) is 0 Å². The number of benzene rings is 1. The largest absolute Gasteiger partial charge is 0.447 e. The van der Waals surface area contributed by atoms with E-state index in [0.717, 1.165) is 23.9 Å². The van der Waals surface area contributed by atoms with Crippen molar-refractivity contribution in [2.24, 2.45) is 0 Å². The molecule has 0 saturated heterocycles. The molecule has 0 fully saturated rings. The van der Waals surface area contributed by atoms with Gasteiger partial charge in [-0.15, -0.1) is 11.3 Å². The molecule has 1 aromatic heterocycles. The van der Waals surface area contributed by atoms with Crippen molar-refractivity contribution in [1.82, 2.24) is 4.31 Å². The number of sulfonamides is 1. The van der Waals surface area contributed by atoms with Crippen LogP contribution in [0.4, 0.5) is 13.2 Å². The summed E-state index contributed by atoms with van der Waals surface area (Å²) in [6.45, 7) is 0.876. The minimum atomic E-state index is -4.82. The molecule has 5 nitrogen and oxygen atoms in total. The van der Waals surface area contributed by atoms with Crippen LogP contribution in [-0.4, -0.2) is 38.5 Å². The first-order valence-corrected chi connectivity index (χ1v) is 9.66. The lowest BCUT2D eigenvalue weighted by Crippen LogP contribution is -2.35. The Balaban J connectivity index is 2.14. The van der Waals surface area contributed by atoms with Gasteiger partial charge in [-0.1, -0.05) is 35.9 Å². The number of rotatable bonds is 6. The van der Waals surface area contributed by atoms with Crippen molar-refractivity contribution >= 4 is 27.3 Å². The molecule has 2 rings (SSSR count). The van der Waals surface area contributed by atoms with Gasteiger partial charge in [-0.25, -0.2) is 8.42 Å². The fourth-order valence-corrected chi connectivity index (χ4v) is 4.38. The molecular formula is C16H16F3NO4S2. The van der Waals surface area contributed by atoms with E-state index in [1.807, 2.05) is 0 Å². The van der Waals surface area contributed by atoms with Gasteiger partial charge < -0.3 is 4.74 Å². The highest BCUT2D eigenvalue weighted by molar-refractivity contribution is 7.91. The Hall–Kier alpha value is -1.91. The van der Waals surface area contributed by atoms with Gasteiger partial charge in [0.15, 0.2) is 0 Å². The van der Waals surface area contributed by atoms with Crippen molar-refractivity contribution in [2.45, 2.75) is 23.4 Å². The first-order valence-electron chi connectivity index (χ1n) is 7.34. The third kappa shape index (κ3) is 4.83. The number of hydrogen-bond donors (Lipinski definition) is 0. The summed E-state index contributed by atoms with van der Waals surface area (Å²) in [6, 6.07) is 8.22. The number of esters is 1. The highest BCUT2D eigenvalue weighted by Crippen LogP contribution is 2.36. The van der Waals surface area contributed by atoms with Gasteiger partial charge in [-0.3, -0.25) is 4.79 Å². The van der Waals surface area contributed by atoms with Gasteiger partial charge in [-0.2, -0.15) is 17.5 Å². The van der Waals surface area contributed by atoms with E-state index >= 15 is 0 Å². The molecule has 0 N–H and O–H groups in total. The zero-order valence-corrected chi connectivity index (χ0v) is 15.5. The second-order valence-corrected chi connectivity index (χ2v) is 8.73. The smallest absolute Gasteiger partial charge is 0.429 e. The van der Waals surface area contributed by atoms with E-state index in [0.29, 0.717) is 4.31 Å². The standard InChI is InChI=1S/C16H16F3NO4S2/c1-11-5-7-12(8-6-11)15(16(17,18)19)24-13(21)10-20(2)26(22,23)14-4-3-9-25-14/h3-9,15H,10H2,1-2H3. The molecule has 0 bridgehead atoms. The SMILES string of the molecule is Cc1ccc(C(OC(=O)CN(C)S(=O)(=O)c2cccs2)C(F)(F)F)cc1. The van der Waals surface area contributed by atoms with Gasteiger partial charge in [0, 0.05) is 12.6 Å². The van der Waals surface area contributed by atoms with Gasteiger partial charge in [0.05, 0.1) is 0 Å². The average Bonchev–Trinajstić information content (AvgIpc) is 3.07. The minimum Gasteiger partial charge on any atom is -0.447 e. The molecule has 26 heavy (non-hydrogen) atoms. The molecule has 0 amide bonds. The summed E-state index contributed by atoms with van der Waals surface area (Å²) in [5.41, 5.74) is 0.517. The van der Waals surface area contributed by atoms with Crippen molar-refractivity contribution in [2.75, 3.05) is 13.6 Å². The lowest BCUT2D eigenvalue weighted by Gasteiger charge is -2.22. The zero-order chi connectivity index (χ0) is 19.5. The van der Waals surface area contributed by atoms with Crippen LogP contribution in [0, 0.1) is 6.92 Å². The minimum absolute atomic E-state index is 0.0151. The van der Waals surface area contributed by atoms with Crippen LogP contribution >= 0.6 is 11.3 Å². The van der Waals surface area contributed by atoms with Crippen molar-refractivity contribution in [1.29, 1.82) is 0 Å². The number of likely N-dealkylation sites (N-methyl/N-ethyl adjacent to an activating group) is 1. The van der Waals surface area contributed by atoms with Crippen LogP contribution in [0.3, 0.4) is 0 Å². The Morgan fingerprint density at radius 3 is 2.35 bits per heavy atom. The number of aryl methyl sites for hydroxylation is 1. The third-order valence-corrected chi connectivity index (χ3v) is 6.61. The second-order valence-electron chi connectivity index (χ2n) is 5.52. The first-order chi connectivity index (χ1) is 12.0. The Kier molecular flexibility index (Phi) is 6.09. The van der Waals surface area contributed by atoms with Crippen LogP contribution in [0.2, 0.25) is 0 Å². The Labute approximate surface area is 153 Å². The molecule has 1 atom stereocenters. The molecule has 142 valence electrons. The van der Waals surface area contributed by atoms with Gasteiger partial charge in [0.25, 0.3) is 10.0 Å². The number of carbonyl (C=O) groups excluding carboxylic acids is 1.